The van der Waals surface area contributed by atoms with E-state index in [1.807, 2.05) is 23.2 Å². The molecule has 0 radical (unpaired) electrons. The molecule has 1 aromatic heterocycles. The number of benzene rings is 1. The van der Waals surface area contributed by atoms with Crippen molar-refractivity contribution in [2.24, 2.45) is 0 Å². The highest BCUT2D eigenvalue weighted by Gasteiger charge is 2.35. The minimum absolute atomic E-state index is 0.0391. The first-order valence-corrected chi connectivity index (χ1v) is 10.4. The quantitative estimate of drug-likeness (QED) is 0.794. The second kappa shape index (κ2) is 7.90. The van der Waals surface area contributed by atoms with Crippen LogP contribution in [0.15, 0.2) is 36.5 Å². The van der Waals surface area contributed by atoms with Gasteiger partial charge in [0.1, 0.15) is 11.4 Å². The van der Waals surface area contributed by atoms with E-state index in [0.717, 1.165) is 43.8 Å². The van der Waals surface area contributed by atoms with E-state index in [2.05, 4.69) is 48.9 Å². The van der Waals surface area contributed by atoms with E-state index in [1.54, 1.807) is 7.11 Å². The van der Waals surface area contributed by atoms with Crippen LogP contribution in [0.25, 0.3) is 5.70 Å². The zero-order chi connectivity index (χ0) is 20.5. The van der Waals surface area contributed by atoms with Gasteiger partial charge >= 0.3 is 0 Å². The first kappa shape index (κ1) is 19.5. The van der Waals surface area contributed by atoms with Crippen LogP contribution < -0.4 is 4.74 Å². The summed E-state index contributed by atoms with van der Waals surface area (Å²) in [6.07, 6.45) is 6.03. The number of aromatic nitrogens is 1. The molecule has 1 unspecified atom stereocenters. The second-order valence-electron chi connectivity index (χ2n) is 7.89. The summed E-state index contributed by atoms with van der Waals surface area (Å²) in [5, 5.41) is 0. The lowest BCUT2D eigenvalue weighted by Crippen LogP contribution is -2.52. The predicted molar refractivity (Wildman–Crippen MR) is 115 cm³/mol. The normalized spacial score (nSPS) is 18.5. The number of rotatable bonds is 4. The minimum Gasteiger partial charge on any atom is -0.496 e. The number of methoxy groups -OCH3 is 1. The van der Waals surface area contributed by atoms with Crippen molar-refractivity contribution in [1.29, 1.82) is 0 Å². The third-order valence-corrected chi connectivity index (χ3v) is 6.35. The number of hydrogen-bond donors (Lipinski definition) is 0. The standard InChI is InChI=1S/C24H29N3O2/c1-5-18-6-9-21(25-14-18)24(28)26-12-13-27-19(15-26)7-10-22(27)20-8-11-23(29-4)17(3)16(20)2/h6,8-11,14,19H,5,7,12-13,15H2,1-4H3. The van der Waals surface area contributed by atoms with Gasteiger partial charge in [-0.25, -0.2) is 0 Å². The Hall–Kier alpha value is -2.82. The molecule has 3 heterocycles. The summed E-state index contributed by atoms with van der Waals surface area (Å²) in [6.45, 7) is 8.67. The molecule has 0 bridgehead atoms. The Kier molecular flexibility index (Phi) is 5.31. The van der Waals surface area contributed by atoms with Crippen molar-refractivity contribution < 1.29 is 9.53 Å². The number of carbonyl (C=O) groups is 1. The fourth-order valence-corrected chi connectivity index (χ4v) is 4.40. The predicted octanol–water partition coefficient (Wildman–Crippen LogP) is 3.84. The highest BCUT2D eigenvalue weighted by atomic mass is 16.5. The van der Waals surface area contributed by atoms with Gasteiger partial charge in [-0.2, -0.15) is 0 Å². The van der Waals surface area contributed by atoms with Crippen LogP contribution in [0.1, 0.15) is 46.1 Å². The summed E-state index contributed by atoms with van der Waals surface area (Å²) < 4.78 is 5.46. The highest BCUT2D eigenvalue weighted by molar-refractivity contribution is 5.92. The molecule has 1 fully saturated rings. The molecule has 4 rings (SSSR count). The van der Waals surface area contributed by atoms with Crippen molar-refractivity contribution in [3.63, 3.8) is 0 Å². The van der Waals surface area contributed by atoms with E-state index < -0.39 is 0 Å². The summed E-state index contributed by atoms with van der Waals surface area (Å²) >= 11 is 0. The van der Waals surface area contributed by atoms with Crippen molar-refractivity contribution in [1.82, 2.24) is 14.8 Å². The SMILES string of the molecule is CCc1ccc(C(=O)N2CCN3C(c4ccc(OC)c(C)c4C)=CCC3C2)nc1. The number of ether oxygens (including phenoxy) is 1. The molecule has 2 aliphatic heterocycles. The Morgan fingerprint density at radius 3 is 2.69 bits per heavy atom. The van der Waals surface area contributed by atoms with Crippen molar-refractivity contribution >= 4 is 11.6 Å². The van der Waals surface area contributed by atoms with Gasteiger partial charge in [0, 0.05) is 37.1 Å². The number of aryl methyl sites for hydroxylation is 1. The summed E-state index contributed by atoms with van der Waals surface area (Å²) in [7, 11) is 1.72. The molecule has 1 amide bonds. The van der Waals surface area contributed by atoms with Gasteiger partial charge in [0.05, 0.1) is 13.2 Å². The first-order valence-electron chi connectivity index (χ1n) is 10.4. The largest absolute Gasteiger partial charge is 0.496 e. The van der Waals surface area contributed by atoms with Gasteiger partial charge in [0.25, 0.3) is 5.91 Å². The Bertz CT molecular complexity index is 949. The van der Waals surface area contributed by atoms with Gasteiger partial charge < -0.3 is 14.5 Å². The van der Waals surface area contributed by atoms with Gasteiger partial charge in [0.2, 0.25) is 0 Å². The molecular formula is C24H29N3O2. The molecule has 1 saturated heterocycles. The molecule has 0 saturated carbocycles. The van der Waals surface area contributed by atoms with Crippen LogP contribution >= 0.6 is 0 Å². The van der Waals surface area contributed by atoms with Crippen LogP contribution in [0.3, 0.4) is 0 Å². The summed E-state index contributed by atoms with van der Waals surface area (Å²) in [5.41, 5.74) is 6.70. The van der Waals surface area contributed by atoms with Gasteiger partial charge in [-0.3, -0.25) is 9.78 Å². The molecule has 5 heteroatoms. The van der Waals surface area contributed by atoms with Gasteiger partial charge in [-0.05, 0) is 61.6 Å². The Morgan fingerprint density at radius 2 is 2.00 bits per heavy atom. The van der Waals surface area contributed by atoms with E-state index in [9.17, 15) is 4.79 Å². The molecule has 0 spiro atoms. The lowest BCUT2D eigenvalue weighted by Gasteiger charge is -2.40. The number of carbonyl (C=O) groups excluding carboxylic acids is 1. The molecule has 1 atom stereocenters. The van der Waals surface area contributed by atoms with Crippen LogP contribution in [-0.2, 0) is 6.42 Å². The van der Waals surface area contributed by atoms with Crippen molar-refractivity contribution in [2.75, 3.05) is 26.7 Å². The van der Waals surface area contributed by atoms with Crippen molar-refractivity contribution in [2.45, 2.75) is 39.7 Å². The maximum Gasteiger partial charge on any atom is 0.272 e. The average Bonchev–Trinajstić information content (AvgIpc) is 3.18. The minimum atomic E-state index is 0.0391. The number of piperazine rings is 1. The molecule has 29 heavy (non-hydrogen) atoms. The Morgan fingerprint density at radius 1 is 1.17 bits per heavy atom. The van der Waals surface area contributed by atoms with E-state index in [4.69, 9.17) is 4.74 Å². The third-order valence-electron chi connectivity index (χ3n) is 6.35. The van der Waals surface area contributed by atoms with E-state index in [0.29, 0.717) is 11.7 Å². The fraction of sp³-hybridized carbons (Fsp3) is 0.417. The fourth-order valence-electron chi connectivity index (χ4n) is 4.40. The highest BCUT2D eigenvalue weighted by Crippen LogP contribution is 2.36. The molecule has 0 aliphatic carbocycles. The smallest absolute Gasteiger partial charge is 0.272 e. The molecule has 2 aliphatic rings. The topological polar surface area (TPSA) is 45.7 Å². The number of amides is 1. The lowest BCUT2D eigenvalue weighted by atomic mass is 9.99. The lowest BCUT2D eigenvalue weighted by molar-refractivity contribution is 0.0613. The first-order chi connectivity index (χ1) is 14.0. The van der Waals surface area contributed by atoms with Crippen LogP contribution in [0.4, 0.5) is 0 Å². The van der Waals surface area contributed by atoms with Crippen molar-refractivity contribution in [3.8, 4) is 5.75 Å². The number of fused-ring (bicyclic) bond motifs is 1. The maximum absolute atomic E-state index is 12.9. The van der Waals surface area contributed by atoms with Gasteiger partial charge in [-0.15, -0.1) is 0 Å². The van der Waals surface area contributed by atoms with E-state index in [1.165, 1.54) is 22.4 Å². The van der Waals surface area contributed by atoms with Crippen LogP contribution in [-0.4, -0.2) is 53.5 Å². The monoisotopic (exact) mass is 391 g/mol. The average molecular weight is 392 g/mol. The molecule has 5 nitrogen and oxygen atoms in total. The maximum atomic E-state index is 12.9. The Balaban J connectivity index is 1.48. The zero-order valence-electron chi connectivity index (χ0n) is 17.7. The van der Waals surface area contributed by atoms with Gasteiger partial charge in [0.15, 0.2) is 0 Å². The van der Waals surface area contributed by atoms with Crippen LogP contribution in [0.5, 0.6) is 5.75 Å². The number of hydrogen-bond acceptors (Lipinski definition) is 4. The van der Waals surface area contributed by atoms with E-state index >= 15 is 0 Å². The zero-order valence-corrected chi connectivity index (χ0v) is 17.7. The molecular weight excluding hydrogens is 362 g/mol. The number of pyridine rings is 1. The third kappa shape index (κ3) is 3.50. The van der Waals surface area contributed by atoms with Gasteiger partial charge in [-0.1, -0.05) is 19.1 Å². The molecule has 152 valence electrons. The molecule has 1 aromatic carbocycles. The van der Waals surface area contributed by atoms with Crippen LogP contribution in [0.2, 0.25) is 0 Å². The number of nitrogens with zero attached hydrogens (tertiary/aromatic N) is 3. The Labute approximate surface area is 173 Å². The molecule has 0 N–H and O–H groups in total. The summed E-state index contributed by atoms with van der Waals surface area (Å²) in [6, 6.07) is 8.40. The van der Waals surface area contributed by atoms with Crippen molar-refractivity contribution in [3.05, 3.63) is 64.5 Å². The van der Waals surface area contributed by atoms with E-state index in [-0.39, 0.29) is 5.91 Å². The molecule has 2 aromatic rings. The van der Waals surface area contributed by atoms with Crippen LogP contribution in [0, 0.1) is 13.8 Å². The second-order valence-corrected chi connectivity index (χ2v) is 7.89. The summed E-state index contributed by atoms with van der Waals surface area (Å²) in [5.74, 6) is 0.968. The summed E-state index contributed by atoms with van der Waals surface area (Å²) in [4.78, 5) is 21.7.